The molecule has 1 fully saturated rings. The fourth-order valence-corrected chi connectivity index (χ4v) is 4.13. The summed E-state index contributed by atoms with van der Waals surface area (Å²) >= 11 is 0. The molecule has 1 aliphatic heterocycles. The smallest absolute Gasteiger partial charge is 0.407 e. The summed E-state index contributed by atoms with van der Waals surface area (Å²) in [6, 6.07) is 17.2. The lowest BCUT2D eigenvalue weighted by Crippen LogP contribution is -2.40. The lowest BCUT2D eigenvalue weighted by molar-refractivity contribution is 0.0717. The van der Waals surface area contributed by atoms with E-state index in [1.165, 1.54) is 0 Å². The van der Waals surface area contributed by atoms with Crippen molar-refractivity contribution in [1.29, 1.82) is 0 Å². The quantitative estimate of drug-likeness (QED) is 0.513. The molecular formula is C28H34N4O4. The summed E-state index contributed by atoms with van der Waals surface area (Å²) in [5, 5.41) is 7.49. The molecular weight excluding hydrogens is 456 g/mol. The lowest BCUT2D eigenvalue weighted by Gasteiger charge is -2.25. The van der Waals surface area contributed by atoms with Crippen LogP contribution in [0.15, 0.2) is 54.6 Å². The van der Waals surface area contributed by atoms with Crippen molar-refractivity contribution in [3.8, 4) is 22.7 Å². The highest BCUT2D eigenvalue weighted by Gasteiger charge is 2.23. The number of alkyl carbamates (subject to hydrolysis) is 1. The predicted molar refractivity (Wildman–Crippen MR) is 138 cm³/mol. The molecule has 0 saturated carbocycles. The number of nitrogens with zero attached hydrogens (tertiary/aromatic N) is 3. The summed E-state index contributed by atoms with van der Waals surface area (Å²) in [6.07, 6.45) is 2.75. The molecule has 1 saturated heterocycles. The van der Waals surface area contributed by atoms with Crippen LogP contribution < -0.4 is 10.1 Å². The Kier molecular flexibility index (Phi) is 7.62. The molecule has 2 aromatic carbocycles. The fraction of sp³-hybridized carbons (Fsp3) is 0.393. The zero-order valence-corrected chi connectivity index (χ0v) is 21.4. The van der Waals surface area contributed by atoms with Crippen molar-refractivity contribution >= 4 is 12.0 Å². The predicted octanol–water partition coefficient (Wildman–Crippen LogP) is 5.20. The monoisotopic (exact) mass is 490 g/mol. The topological polar surface area (TPSA) is 85.7 Å². The van der Waals surface area contributed by atoms with E-state index >= 15 is 0 Å². The standard InChI is InChI=1S/C28H34N4O4/c1-28(2,3)29-27(34)36-19-20-8-10-21(11-9-20)25-18-24(26(33)31-16-6-5-7-17-31)30-32(25)22-12-14-23(35-4)15-13-22/h8-15,18H,5-7,16-17,19H2,1-4H3,(H,29,34). The summed E-state index contributed by atoms with van der Waals surface area (Å²) < 4.78 is 12.4. The largest absolute Gasteiger partial charge is 0.497 e. The van der Waals surface area contributed by atoms with Crippen molar-refractivity contribution in [3.05, 3.63) is 65.9 Å². The Morgan fingerprint density at radius 1 is 0.972 bits per heavy atom. The molecule has 8 nitrogen and oxygen atoms in total. The molecule has 4 rings (SSSR count). The van der Waals surface area contributed by atoms with E-state index in [9.17, 15) is 9.59 Å². The number of aromatic nitrogens is 2. The number of carbonyl (C=O) groups excluding carboxylic acids is 2. The third kappa shape index (κ3) is 6.24. The van der Waals surface area contributed by atoms with Crippen LogP contribution in [0.2, 0.25) is 0 Å². The van der Waals surface area contributed by atoms with E-state index in [1.54, 1.807) is 11.8 Å². The average Bonchev–Trinajstić information content (AvgIpc) is 3.32. The summed E-state index contributed by atoms with van der Waals surface area (Å²) in [5.41, 5.74) is 3.47. The molecule has 1 aromatic heterocycles. The van der Waals surface area contributed by atoms with E-state index in [0.29, 0.717) is 5.69 Å². The number of hydrogen-bond donors (Lipinski definition) is 1. The Morgan fingerprint density at radius 3 is 2.25 bits per heavy atom. The number of benzene rings is 2. The van der Waals surface area contributed by atoms with Crippen molar-refractivity contribution in [2.24, 2.45) is 0 Å². The first kappa shape index (κ1) is 25.3. The van der Waals surface area contributed by atoms with Crippen molar-refractivity contribution < 1.29 is 19.1 Å². The number of ether oxygens (including phenoxy) is 2. The van der Waals surface area contributed by atoms with Gasteiger partial charge in [-0.3, -0.25) is 4.79 Å². The SMILES string of the molecule is COc1ccc(-n2nc(C(=O)N3CCCCC3)cc2-c2ccc(COC(=O)NC(C)(C)C)cc2)cc1. The van der Waals surface area contributed by atoms with Crippen LogP contribution in [0.4, 0.5) is 4.79 Å². The van der Waals surface area contributed by atoms with Gasteiger partial charge in [0.1, 0.15) is 12.4 Å². The molecule has 0 spiro atoms. The average molecular weight is 491 g/mol. The fourth-order valence-electron chi connectivity index (χ4n) is 4.13. The molecule has 3 aromatic rings. The first-order valence-electron chi connectivity index (χ1n) is 12.3. The number of methoxy groups -OCH3 is 1. The van der Waals surface area contributed by atoms with Crippen LogP contribution in [0, 0.1) is 0 Å². The third-order valence-corrected chi connectivity index (χ3v) is 5.99. The van der Waals surface area contributed by atoms with Crippen LogP contribution in [0.5, 0.6) is 5.75 Å². The number of hydrogen-bond acceptors (Lipinski definition) is 5. The first-order valence-corrected chi connectivity index (χ1v) is 12.3. The van der Waals surface area contributed by atoms with E-state index in [1.807, 2.05) is 80.3 Å². The van der Waals surface area contributed by atoms with Crippen molar-refractivity contribution in [2.75, 3.05) is 20.2 Å². The minimum Gasteiger partial charge on any atom is -0.497 e. The van der Waals surface area contributed by atoms with Crippen molar-refractivity contribution in [3.63, 3.8) is 0 Å². The second kappa shape index (κ2) is 10.8. The van der Waals surface area contributed by atoms with Gasteiger partial charge in [-0.25, -0.2) is 9.48 Å². The summed E-state index contributed by atoms with van der Waals surface area (Å²) in [7, 11) is 1.63. The maximum absolute atomic E-state index is 13.2. The molecule has 8 heteroatoms. The van der Waals surface area contributed by atoms with E-state index in [4.69, 9.17) is 14.6 Å². The van der Waals surface area contributed by atoms with Gasteiger partial charge in [0.15, 0.2) is 5.69 Å². The van der Waals surface area contributed by atoms with E-state index in [0.717, 1.165) is 60.6 Å². The normalized spacial score (nSPS) is 13.8. The van der Waals surface area contributed by atoms with Crippen LogP contribution in [-0.2, 0) is 11.3 Å². The van der Waals surface area contributed by atoms with Gasteiger partial charge in [-0.1, -0.05) is 24.3 Å². The van der Waals surface area contributed by atoms with E-state index < -0.39 is 6.09 Å². The number of likely N-dealkylation sites (tertiary alicyclic amines) is 1. The summed E-state index contributed by atoms with van der Waals surface area (Å²) in [6.45, 7) is 7.40. The zero-order valence-electron chi connectivity index (χ0n) is 21.4. The van der Waals surface area contributed by atoms with Gasteiger partial charge in [-0.05, 0) is 75.9 Å². The molecule has 0 unspecified atom stereocenters. The van der Waals surface area contributed by atoms with Crippen LogP contribution in [-0.4, -0.2) is 52.4 Å². The minimum atomic E-state index is -0.454. The highest BCUT2D eigenvalue weighted by Crippen LogP contribution is 2.27. The Labute approximate surface area is 212 Å². The van der Waals surface area contributed by atoms with Crippen LogP contribution in [0.1, 0.15) is 56.1 Å². The van der Waals surface area contributed by atoms with E-state index in [-0.39, 0.29) is 18.1 Å². The van der Waals surface area contributed by atoms with Crippen molar-refractivity contribution in [2.45, 2.75) is 52.2 Å². The van der Waals surface area contributed by atoms with Gasteiger partial charge in [-0.2, -0.15) is 5.10 Å². The Balaban J connectivity index is 1.59. The molecule has 1 aliphatic rings. The van der Waals surface area contributed by atoms with Gasteiger partial charge < -0.3 is 19.7 Å². The Morgan fingerprint density at radius 2 is 1.64 bits per heavy atom. The third-order valence-electron chi connectivity index (χ3n) is 5.99. The second-order valence-electron chi connectivity index (χ2n) is 10.0. The van der Waals surface area contributed by atoms with Gasteiger partial charge in [0, 0.05) is 24.2 Å². The molecule has 2 heterocycles. The molecule has 0 bridgehead atoms. The zero-order chi connectivity index (χ0) is 25.7. The van der Waals surface area contributed by atoms with Crippen LogP contribution in [0.3, 0.4) is 0 Å². The Bertz CT molecular complexity index is 1190. The maximum atomic E-state index is 13.2. The molecule has 0 radical (unpaired) electrons. The first-order chi connectivity index (χ1) is 17.2. The van der Waals surface area contributed by atoms with Gasteiger partial charge in [0.05, 0.1) is 18.5 Å². The van der Waals surface area contributed by atoms with Crippen LogP contribution >= 0.6 is 0 Å². The van der Waals surface area contributed by atoms with Gasteiger partial charge in [-0.15, -0.1) is 0 Å². The number of amides is 2. The highest BCUT2D eigenvalue weighted by molar-refractivity contribution is 5.93. The Hall–Kier alpha value is -3.81. The van der Waals surface area contributed by atoms with E-state index in [2.05, 4.69) is 5.32 Å². The number of piperidine rings is 1. The van der Waals surface area contributed by atoms with Gasteiger partial charge in [0.2, 0.25) is 0 Å². The maximum Gasteiger partial charge on any atom is 0.407 e. The summed E-state index contributed by atoms with van der Waals surface area (Å²) in [4.78, 5) is 27.1. The molecule has 0 atom stereocenters. The van der Waals surface area contributed by atoms with Crippen molar-refractivity contribution in [1.82, 2.24) is 20.0 Å². The molecule has 2 amide bonds. The molecule has 0 aliphatic carbocycles. The number of carbonyl (C=O) groups is 2. The number of nitrogens with one attached hydrogen (secondary N) is 1. The summed E-state index contributed by atoms with van der Waals surface area (Å²) in [5.74, 6) is 0.704. The van der Waals surface area contributed by atoms with Gasteiger partial charge >= 0.3 is 6.09 Å². The van der Waals surface area contributed by atoms with Crippen LogP contribution in [0.25, 0.3) is 16.9 Å². The highest BCUT2D eigenvalue weighted by atomic mass is 16.5. The molecule has 190 valence electrons. The molecule has 36 heavy (non-hydrogen) atoms. The lowest BCUT2D eigenvalue weighted by atomic mass is 10.1. The van der Waals surface area contributed by atoms with Gasteiger partial charge in [0.25, 0.3) is 5.91 Å². The molecule has 1 N–H and O–H groups in total. The minimum absolute atomic E-state index is 0.0434. The second-order valence-corrected chi connectivity index (χ2v) is 10.0. The number of rotatable bonds is 6.